The molecule has 0 spiro atoms. The third-order valence-corrected chi connectivity index (χ3v) is 8.29. The zero-order valence-electron chi connectivity index (χ0n) is 19.2. The second-order valence-corrected chi connectivity index (χ2v) is 10.5. The lowest BCUT2D eigenvalue weighted by atomic mass is 9.65. The molecule has 4 rings (SSSR count). The summed E-state index contributed by atoms with van der Waals surface area (Å²) < 4.78 is 5.67. The van der Waals surface area contributed by atoms with Crippen LogP contribution < -0.4 is 16.0 Å². The van der Waals surface area contributed by atoms with E-state index in [1.807, 2.05) is 25.8 Å². The van der Waals surface area contributed by atoms with Crippen LogP contribution >= 0.6 is 0 Å². The predicted octanol–water partition coefficient (Wildman–Crippen LogP) is 1.48. The largest absolute Gasteiger partial charge is 0.359 e. The van der Waals surface area contributed by atoms with Gasteiger partial charge in [0.15, 0.2) is 0 Å². The molecule has 4 fully saturated rings. The van der Waals surface area contributed by atoms with Crippen molar-refractivity contribution < 1.29 is 14.3 Å². The maximum atomic E-state index is 13.3. The van der Waals surface area contributed by atoms with Crippen LogP contribution in [0.15, 0.2) is 0 Å². The summed E-state index contributed by atoms with van der Waals surface area (Å²) in [6.45, 7) is 9.38. The maximum absolute atomic E-state index is 13.3. The van der Waals surface area contributed by atoms with Crippen molar-refractivity contribution >= 4 is 11.8 Å². The number of amides is 2. The van der Waals surface area contributed by atoms with Crippen LogP contribution in [0.2, 0.25) is 0 Å². The van der Waals surface area contributed by atoms with Crippen LogP contribution in [-0.2, 0) is 14.3 Å². The van der Waals surface area contributed by atoms with Gasteiger partial charge in [0.1, 0.15) is 12.3 Å². The first-order valence-electron chi connectivity index (χ1n) is 12.0. The van der Waals surface area contributed by atoms with E-state index in [1.54, 1.807) is 0 Å². The standard InChI is InChI=1S/C23H40N4O3/c1-12-6-7-17(26-22(28)21-14(3)30-15(4)25-21)10-18(12)19-9-16-11-24-13(2)8-20(16)27(5)23(19)29/h12-21,24-25H,6-11H2,1-5H3,(H,26,28). The van der Waals surface area contributed by atoms with Crippen LogP contribution in [0.4, 0.5) is 0 Å². The van der Waals surface area contributed by atoms with Gasteiger partial charge in [0.25, 0.3) is 0 Å². The summed E-state index contributed by atoms with van der Waals surface area (Å²) in [5.41, 5.74) is 0. The molecule has 30 heavy (non-hydrogen) atoms. The number of fused-ring (bicyclic) bond motifs is 1. The second-order valence-electron chi connectivity index (χ2n) is 10.5. The van der Waals surface area contributed by atoms with Gasteiger partial charge in [-0.2, -0.15) is 0 Å². The van der Waals surface area contributed by atoms with Gasteiger partial charge in [0.05, 0.1) is 6.10 Å². The van der Waals surface area contributed by atoms with E-state index >= 15 is 0 Å². The topological polar surface area (TPSA) is 82.7 Å². The van der Waals surface area contributed by atoms with Gasteiger partial charge in [-0.25, -0.2) is 0 Å². The highest BCUT2D eigenvalue weighted by Gasteiger charge is 2.47. The third kappa shape index (κ3) is 4.26. The van der Waals surface area contributed by atoms with Gasteiger partial charge in [-0.05, 0) is 70.6 Å². The number of carbonyl (C=O) groups is 2. The summed E-state index contributed by atoms with van der Waals surface area (Å²) in [7, 11) is 2.01. The van der Waals surface area contributed by atoms with Gasteiger partial charge < -0.3 is 20.3 Å². The van der Waals surface area contributed by atoms with Crippen molar-refractivity contribution in [3.05, 3.63) is 0 Å². The Labute approximate surface area is 181 Å². The molecular weight excluding hydrogens is 380 g/mol. The number of hydrogen-bond donors (Lipinski definition) is 3. The summed E-state index contributed by atoms with van der Waals surface area (Å²) in [5, 5.41) is 10.1. The number of piperidine rings is 2. The summed E-state index contributed by atoms with van der Waals surface area (Å²) in [6, 6.07) is 0.695. The van der Waals surface area contributed by atoms with Gasteiger partial charge in [0.2, 0.25) is 11.8 Å². The van der Waals surface area contributed by atoms with Crippen molar-refractivity contribution in [1.82, 2.24) is 20.9 Å². The third-order valence-electron chi connectivity index (χ3n) is 8.29. The molecule has 4 aliphatic rings. The Morgan fingerprint density at radius 1 is 1.13 bits per heavy atom. The van der Waals surface area contributed by atoms with Crippen LogP contribution in [0.25, 0.3) is 0 Å². The van der Waals surface area contributed by atoms with Crippen LogP contribution in [0.5, 0.6) is 0 Å². The van der Waals surface area contributed by atoms with Gasteiger partial charge in [-0.15, -0.1) is 0 Å². The predicted molar refractivity (Wildman–Crippen MR) is 116 cm³/mol. The van der Waals surface area contributed by atoms with E-state index in [0.717, 1.165) is 38.6 Å². The summed E-state index contributed by atoms with van der Waals surface area (Å²) in [5.74, 6) is 1.82. The molecule has 3 aliphatic heterocycles. The highest BCUT2D eigenvalue weighted by molar-refractivity contribution is 5.83. The first kappa shape index (κ1) is 22.0. The Bertz CT molecular complexity index is 658. The average molecular weight is 421 g/mol. The van der Waals surface area contributed by atoms with E-state index in [9.17, 15) is 9.59 Å². The molecule has 1 saturated carbocycles. The lowest BCUT2D eigenvalue weighted by molar-refractivity contribution is -0.148. The van der Waals surface area contributed by atoms with Crippen molar-refractivity contribution in [2.24, 2.45) is 23.7 Å². The average Bonchev–Trinajstić information content (AvgIpc) is 3.05. The highest BCUT2D eigenvalue weighted by atomic mass is 16.5. The molecule has 3 heterocycles. The molecule has 3 N–H and O–H groups in total. The quantitative estimate of drug-likeness (QED) is 0.644. The molecule has 7 nitrogen and oxygen atoms in total. The highest BCUT2D eigenvalue weighted by Crippen LogP contribution is 2.43. The number of hydrogen-bond acceptors (Lipinski definition) is 5. The normalized spacial score (nSPS) is 47.1. The summed E-state index contributed by atoms with van der Waals surface area (Å²) in [4.78, 5) is 28.2. The Kier molecular flexibility index (Phi) is 6.43. The molecule has 2 amide bonds. The van der Waals surface area contributed by atoms with Gasteiger partial charge >= 0.3 is 0 Å². The second kappa shape index (κ2) is 8.75. The molecule has 7 heteroatoms. The monoisotopic (exact) mass is 420 g/mol. The van der Waals surface area contributed by atoms with Gasteiger partial charge in [-0.3, -0.25) is 14.9 Å². The molecule has 0 radical (unpaired) electrons. The molecule has 1 aliphatic carbocycles. The number of nitrogens with one attached hydrogen (secondary N) is 3. The van der Waals surface area contributed by atoms with Crippen molar-refractivity contribution in [3.63, 3.8) is 0 Å². The van der Waals surface area contributed by atoms with E-state index in [-0.39, 0.29) is 36.2 Å². The minimum absolute atomic E-state index is 0.0303. The van der Waals surface area contributed by atoms with E-state index in [2.05, 4.69) is 29.8 Å². The molecule has 0 aromatic carbocycles. The van der Waals surface area contributed by atoms with Crippen molar-refractivity contribution in [2.75, 3.05) is 13.6 Å². The minimum Gasteiger partial charge on any atom is -0.359 e. The van der Waals surface area contributed by atoms with E-state index < -0.39 is 0 Å². The fourth-order valence-corrected chi connectivity index (χ4v) is 6.51. The first-order chi connectivity index (χ1) is 14.2. The van der Waals surface area contributed by atoms with E-state index in [1.165, 1.54) is 0 Å². The first-order valence-corrected chi connectivity index (χ1v) is 12.0. The zero-order valence-corrected chi connectivity index (χ0v) is 19.2. The zero-order chi connectivity index (χ0) is 21.6. The lowest BCUT2D eigenvalue weighted by Crippen LogP contribution is -2.60. The number of ether oxygens (including phenoxy) is 1. The maximum Gasteiger partial charge on any atom is 0.240 e. The molecule has 10 atom stereocenters. The number of rotatable bonds is 3. The van der Waals surface area contributed by atoms with Crippen LogP contribution in [0.3, 0.4) is 0 Å². The number of carbonyl (C=O) groups excluding carboxylic acids is 2. The lowest BCUT2D eigenvalue weighted by Gasteiger charge is -2.50. The Balaban J connectivity index is 1.41. The minimum atomic E-state index is -0.295. The summed E-state index contributed by atoms with van der Waals surface area (Å²) >= 11 is 0. The van der Waals surface area contributed by atoms with E-state index in [4.69, 9.17) is 4.74 Å². The van der Waals surface area contributed by atoms with Crippen LogP contribution in [-0.4, -0.2) is 66.8 Å². The van der Waals surface area contributed by atoms with Gasteiger partial charge in [-0.1, -0.05) is 6.92 Å². The molecule has 10 unspecified atom stereocenters. The molecule has 0 aromatic heterocycles. The molecular formula is C23H40N4O3. The smallest absolute Gasteiger partial charge is 0.240 e. The van der Waals surface area contributed by atoms with Crippen molar-refractivity contribution in [1.29, 1.82) is 0 Å². The molecule has 3 saturated heterocycles. The van der Waals surface area contributed by atoms with Gasteiger partial charge in [0, 0.05) is 37.6 Å². The SMILES string of the molecule is CC1CC2C(CN1)CC(C1CC(NC(=O)C3NC(C)OC3C)CCC1C)C(=O)N2C. The van der Waals surface area contributed by atoms with Crippen molar-refractivity contribution in [2.45, 2.75) is 96.3 Å². The molecule has 0 aromatic rings. The Morgan fingerprint density at radius 2 is 1.90 bits per heavy atom. The molecule has 170 valence electrons. The van der Waals surface area contributed by atoms with Crippen molar-refractivity contribution in [3.8, 4) is 0 Å². The number of likely N-dealkylation sites (tertiary alicyclic amines) is 1. The summed E-state index contributed by atoms with van der Waals surface area (Å²) in [6.07, 6.45) is 4.77. The fourth-order valence-electron chi connectivity index (χ4n) is 6.51. The van der Waals surface area contributed by atoms with Crippen LogP contribution in [0.1, 0.15) is 59.8 Å². The Hall–Kier alpha value is -1.18. The molecule has 0 bridgehead atoms. The van der Waals surface area contributed by atoms with E-state index in [0.29, 0.717) is 35.7 Å². The Morgan fingerprint density at radius 3 is 2.60 bits per heavy atom. The van der Waals surface area contributed by atoms with Crippen LogP contribution in [0, 0.1) is 23.7 Å². The number of nitrogens with zero attached hydrogens (tertiary/aromatic N) is 1. The fraction of sp³-hybridized carbons (Fsp3) is 0.913.